The Balaban J connectivity index is 2.75. The van der Waals surface area contributed by atoms with Gasteiger partial charge in [0.25, 0.3) is 0 Å². The van der Waals surface area contributed by atoms with Gasteiger partial charge in [-0.25, -0.2) is 0 Å². The van der Waals surface area contributed by atoms with E-state index in [-0.39, 0.29) is 0 Å². The van der Waals surface area contributed by atoms with Crippen molar-refractivity contribution in [3.8, 4) is 17.3 Å². The van der Waals surface area contributed by atoms with E-state index >= 15 is 0 Å². The Bertz CT molecular complexity index is 579. The van der Waals surface area contributed by atoms with Crippen LogP contribution in [0.3, 0.4) is 0 Å². The minimum absolute atomic E-state index is 0.514. The fourth-order valence-electron chi connectivity index (χ4n) is 2.01. The maximum atomic E-state index is 9.12. The zero-order valence-electron chi connectivity index (χ0n) is 9.74. The van der Waals surface area contributed by atoms with Crippen LogP contribution < -0.4 is 0 Å². The summed E-state index contributed by atoms with van der Waals surface area (Å²) in [4.78, 5) is 4.09. The summed E-state index contributed by atoms with van der Waals surface area (Å²) in [7, 11) is 0. The summed E-state index contributed by atoms with van der Waals surface area (Å²) in [6.07, 6.45) is 3.47. The third kappa shape index (κ3) is 1.81. The molecule has 2 aromatic rings. The van der Waals surface area contributed by atoms with Gasteiger partial charge in [-0.05, 0) is 26.0 Å². The predicted octanol–water partition coefficient (Wildman–Crippen LogP) is 3.40. The average molecular weight is 246 g/mol. The molecule has 0 saturated heterocycles. The first kappa shape index (κ1) is 11.7. The van der Waals surface area contributed by atoms with Gasteiger partial charge in [0.15, 0.2) is 0 Å². The number of hydrogen-bond donors (Lipinski definition) is 0. The topological polar surface area (TPSA) is 41.6 Å². The molecule has 2 rings (SSSR count). The van der Waals surface area contributed by atoms with Crippen LogP contribution in [0.1, 0.15) is 18.2 Å². The van der Waals surface area contributed by atoms with Gasteiger partial charge < -0.3 is 4.57 Å². The van der Waals surface area contributed by atoms with E-state index in [1.807, 2.05) is 30.5 Å². The van der Waals surface area contributed by atoms with Crippen molar-refractivity contribution in [1.29, 1.82) is 5.26 Å². The Labute approximate surface area is 105 Å². The lowest BCUT2D eigenvalue weighted by Gasteiger charge is -2.08. The Morgan fingerprint density at radius 3 is 2.82 bits per heavy atom. The molecule has 0 fully saturated rings. The molecule has 0 amide bonds. The maximum absolute atomic E-state index is 9.12. The van der Waals surface area contributed by atoms with Crippen LogP contribution >= 0.6 is 11.6 Å². The normalized spacial score (nSPS) is 10.2. The van der Waals surface area contributed by atoms with Crippen LogP contribution in [-0.2, 0) is 6.54 Å². The number of rotatable bonds is 2. The summed E-state index contributed by atoms with van der Waals surface area (Å²) in [6, 6.07) is 5.96. The summed E-state index contributed by atoms with van der Waals surface area (Å²) in [5.41, 5.74) is 3.26. The highest BCUT2D eigenvalue weighted by atomic mass is 35.5. The van der Waals surface area contributed by atoms with Crippen molar-refractivity contribution in [2.75, 3.05) is 0 Å². The first-order valence-electron chi connectivity index (χ1n) is 5.39. The number of nitrogens with zero attached hydrogens (tertiary/aromatic N) is 3. The molecule has 0 aliphatic heterocycles. The van der Waals surface area contributed by atoms with Gasteiger partial charge in [0.1, 0.15) is 6.07 Å². The summed E-state index contributed by atoms with van der Waals surface area (Å²) in [5, 5.41) is 9.63. The lowest BCUT2D eigenvalue weighted by molar-refractivity contribution is 0.749. The van der Waals surface area contributed by atoms with Gasteiger partial charge in [-0.15, -0.1) is 0 Å². The van der Waals surface area contributed by atoms with Crippen molar-refractivity contribution < 1.29 is 0 Å². The van der Waals surface area contributed by atoms with Crippen LogP contribution in [0.5, 0.6) is 0 Å². The minimum atomic E-state index is 0.514. The quantitative estimate of drug-likeness (QED) is 0.814. The zero-order valence-corrected chi connectivity index (χ0v) is 10.5. The van der Waals surface area contributed by atoms with Crippen LogP contribution in [-0.4, -0.2) is 9.55 Å². The molecular formula is C13H12ClN3. The molecule has 0 aliphatic carbocycles. The summed E-state index contributed by atoms with van der Waals surface area (Å²) in [6.45, 7) is 4.72. The second-order valence-electron chi connectivity index (χ2n) is 3.72. The van der Waals surface area contributed by atoms with E-state index in [9.17, 15) is 0 Å². The van der Waals surface area contributed by atoms with E-state index in [2.05, 4.69) is 11.1 Å². The molecule has 2 aromatic heterocycles. The second-order valence-corrected chi connectivity index (χ2v) is 4.10. The van der Waals surface area contributed by atoms with Gasteiger partial charge in [0.2, 0.25) is 0 Å². The summed E-state index contributed by atoms with van der Waals surface area (Å²) in [5.74, 6) is 0. The van der Waals surface area contributed by atoms with Crippen LogP contribution in [0.2, 0.25) is 5.02 Å². The van der Waals surface area contributed by atoms with Crippen LogP contribution in [0.25, 0.3) is 11.3 Å². The highest BCUT2D eigenvalue weighted by Crippen LogP contribution is 2.34. The number of hydrogen-bond acceptors (Lipinski definition) is 2. The summed E-state index contributed by atoms with van der Waals surface area (Å²) >= 11 is 6.28. The van der Waals surface area contributed by atoms with Gasteiger partial charge in [0.05, 0.1) is 16.3 Å². The van der Waals surface area contributed by atoms with E-state index in [0.29, 0.717) is 10.6 Å². The molecule has 4 heteroatoms. The molecule has 2 heterocycles. The molecule has 0 radical (unpaired) electrons. The molecule has 0 atom stereocenters. The molecule has 86 valence electrons. The third-order valence-corrected chi connectivity index (χ3v) is 3.19. The standard InChI is InChI=1S/C13H12ClN3/c1-3-17-9(2)11(7-15)12(14)13(17)10-5-4-6-16-8-10/h4-6,8H,3H2,1-2H3. The van der Waals surface area contributed by atoms with Crippen LogP contribution in [0.4, 0.5) is 0 Å². The van der Waals surface area contributed by atoms with E-state index in [1.165, 1.54) is 0 Å². The van der Waals surface area contributed by atoms with Crippen molar-refractivity contribution in [2.45, 2.75) is 20.4 Å². The zero-order chi connectivity index (χ0) is 12.4. The van der Waals surface area contributed by atoms with E-state index in [4.69, 9.17) is 16.9 Å². The first-order valence-corrected chi connectivity index (χ1v) is 5.77. The molecule has 0 spiro atoms. The molecular weight excluding hydrogens is 234 g/mol. The molecule has 0 N–H and O–H groups in total. The highest BCUT2D eigenvalue weighted by molar-refractivity contribution is 6.34. The Morgan fingerprint density at radius 1 is 1.53 bits per heavy atom. The molecule has 0 aliphatic rings. The predicted molar refractivity (Wildman–Crippen MR) is 67.8 cm³/mol. The summed E-state index contributed by atoms with van der Waals surface area (Å²) < 4.78 is 2.04. The lowest BCUT2D eigenvalue weighted by Crippen LogP contribution is -1.99. The molecule has 0 saturated carbocycles. The number of aromatic nitrogens is 2. The maximum Gasteiger partial charge on any atom is 0.103 e. The van der Waals surface area contributed by atoms with Gasteiger partial charge in [-0.1, -0.05) is 11.6 Å². The molecule has 17 heavy (non-hydrogen) atoms. The Morgan fingerprint density at radius 2 is 2.29 bits per heavy atom. The molecule has 0 aromatic carbocycles. The molecule has 3 nitrogen and oxygen atoms in total. The minimum Gasteiger partial charge on any atom is -0.343 e. The number of nitriles is 1. The Kier molecular flexibility index (Phi) is 3.16. The molecule has 0 unspecified atom stereocenters. The van der Waals surface area contributed by atoms with Gasteiger partial charge in [0, 0.05) is 30.2 Å². The highest BCUT2D eigenvalue weighted by Gasteiger charge is 2.19. The van der Waals surface area contributed by atoms with Crippen molar-refractivity contribution >= 4 is 11.6 Å². The smallest absolute Gasteiger partial charge is 0.103 e. The largest absolute Gasteiger partial charge is 0.343 e. The molecule has 0 bridgehead atoms. The average Bonchev–Trinajstić information content (AvgIpc) is 2.61. The van der Waals surface area contributed by atoms with Crippen LogP contribution in [0.15, 0.2) is 24.5 Å². The van der Waals surface area contributed by atoms with Crippen molar-refractivity contribution in [2.24, 2.45) is 0 Å². The van der Waals surface area contributed by atoms with E-state index in [1.54, 1.807) is 12.4 Å². The first-order chi connectivity index (χ1) is 8.20. The second kappa shape index (κ2) is 4.60. The van der Waals surface area contributed by atoms with Gasteiger partial charge in [-0.3, -0.25) is 4.98 Å². The van der Waals surface area contributed by atoms with Crippen LogP contribution in [0, 0.1) is 18.3 Å². The van der Waals surface area contributed by atoms with E-state index < -0.39 is 0 Å². The van der Waals surface area contributed by atoms with E-state index in [0.717, 1.165) is 23.5 Å². The van der Waals surface area contributed by atoms with Gasteiger partial charge in [-0.2, -0.15) is 5.26 Å². The number of pyridine rings is 1. The third-order valence-electron chi connectivity index (χ3n) is 2.83. The van der Waals surface area contributed by atoms with Crippen molar-refractivity contribution in [1.82, 2.24) is 9.55 Å². The number of halogens is 1. The lowest BCUT2D eigenvalue weighted by atomic mass is 10.2. The van der Waals surface area contributed by atoms with Crippen molar-refractivity contribution in [3.05, 3.63) is 40.8 Å². The fraction of sp³-hybridized carbons (Fsp3) is 0.231. The monoisotopic (exact) mass is 245 g/mol. The fourth-order valence-corrected chi connectivity index (χ4v) is 2.40. The van der Waals surface area contributed by atoms with Gasteiger partial charge >= 0.3 is 0 Å². The van der Waals surface area contributed by atoms with Crippen molar-refractivity contribution in [3.63, 3.8) is 0 Å². The Hall–Kier alpha value is -1.79. The SMILES string of the molecule is CCn1c(C)c(C#N)c(Cl)c1-c1cccnc1.